The van der Waals surface area contributed by atoms with E-state index >= 15 is 0 Å². The van der Waals surface area contributed by atoms with E-state index in [4.69, 9.17) is 13.6 Å². The fourth-order valence-corrected chi connectivity index (χ4v) is 8.19. The summed E-state index contributed by atoms with van der Waals surface area (Å²) in [5.74, 6) is 0. The Kier molecular flexibility index (Phi) is 6.35. The van der Waals surface area contributed by atoms with E-state index in [1.807, 2.05) is 6.26 Å². The standard InChI is InChI=1S/C20H40O3Si2/c1-9-25(10-2,11-3)23-18-14-16-21-20(18)15-12-13-17(20)22-24(7,8)19(4,5)6/h14,16-18H,9-13,15H2,1-8H3/t17-,18-,20-/m0/s1. The largest absolute Gasteiger partial charge is 0.489 e. The SMILES string of the molecule is CC[Si](CC)(CC)O[C@H]1C=CO[C@]12CCC[C@@H]2O[Si](C)(C)C(C)(C)C. The third kappa shape index (κ3) is 3.94. The lowest BCUT2D eigenvalue weighted by Gasteiger charge is -2.45. The predicted molar refractivity (Wildman–Crippen MR) is 111 cm³/mol. The molecule has 25 heavy (non-hydrogen) atoms. The molecule has 2 aliphatic rings. The Labute approximate surface area is 157 Å². The molecule has 0 bridgehead atoms. The molecule has 0 N–H and O–H groups in total. The van der Waals surface area contributed by atoms with Crippen LogP contribution in [0.2, 0.25) is 36.3 Å². The topological polar surface area (TPSA) is 27.7 Å². The van der Waals surface area contributed by atoms with Crippen molar-refractivity contribution in [3.63, 3.8) is 0 Å². The van der Waals surface area contributed by atoms with Gasteiger partial charge in [-0.15, -0.1) is 0 Å². The molecule has 0 amide bonds. The van der Waals surface area contributed by atoms with Crippen LogP contribution in [0.25, 0.3) is 0 Å². The van der Waals surface area contributed by atoms with Gasteiger partial charge in [0.15, 0.2) is 22.2 Å². The second-order valence-electron chi connectivity index (χ2n) is 9.44. The van der Waals surface area contributed by atoms with Gasteiger partial charge in [0.05, 0.1) is 12.4 Å². The summed E-state index contributed by atoms with van der Waals surface area (Å²) in [5, 5.41) is 0.216. The molecule has 3 nitrogen and oxygen atoms in total. The Bertz CT molecular complexity index is 472. The first-order chi connectivity index (χ1) is 11.6. The van der Waals surface area contributed by atoms with Crippen molar-refractivity contribution in [3.8, 4) is 0 Å². The Morgan fingerprint density at radius 3 is 2.20 bits per heavy atom. The van der Waals surface area contributed by atoms with Crippen LogP contribution in [-0.2, 0) is 13.6 Å². The fraction of sp³-hybridized carbons (Fsp3) is 0.900. The molecule has 1 aliphatic heterocycles. The molecule has 1 saturated carbocycles. The lowest BCUT2D eigenvalue weighted by atomic mass is 9.94. The fourth-order valence-electron chi connectivity index (χ4n) is 4.00. The molecule has 1 spiro atoms. The van der Waals surface area contributed by atoms with Gasteiger partial charge in [0, 0.05) is 0 Å². The molecule has 1 fully saturated rings. The minimum Gasteiger partial charge on any atom is -0.489 e. The third-order valence-electron chi connectivity index (χ3n) is 7.15. The van der Waals surface area contributed by atoms with Crippen LogP contribution in [0.4, 0.5) is 0 Å². The molecule has 0 saturated heterocycles. The summed E-state index contributed by atoms with van der Waals surface area (Å²) in [4.78, 5) is 0. The van der Waals surface area contributed by atoms with Gasteiger partial charge in [-0.2, -0.15) is 0 Å². The minimum absolute atomic E-state index is 0.0660. The van der Waals surface area contributed by atoms with E-state index in [9.17, 15) is 0 Å². The summed E-state index contributed by atoms with van der Waals surface area (Å²) in [6.45, 7) is 18.5. The molecule has 1 heterocycles. The van der Waals surface area contributed by atoms with Gasteiger partial charge in [0.2, 0.25) is 0 Å². The monoisotopic (exact) mass is 384 g/mol. The van der Waals surface area contributed by atoms with Gasteiger partial charge in [-0.05, 0) is 61.6 Å². The molecule has 5 heteroatoms. The van der Waals surface area contributed by atoms with Gasteiger partial charge in [-0.25, -0.2) is 0 Å². The number of hydrogen-bond donors (Lipinski definition) is 0. The maximum Gasteiger partial charge on any atom is 0.193 e. The molecule has 1 aliphatic carbocycles. The summed E-state index contributed by atoms with van der Waals surface area (Å²) >= 11 is 0. The summed E-state index contributed by atoms with van der Waals surface area (Å²) in [7, 11) is -3.50. The van der Waals surface area contributed by atoms with E-state index < -0.39 is 16.6 Å². The first-order valence-electron chi connectivity index (χ1n) is 10.3. The average molecular weight is 385 g/mol. The van der Waals surface area contributed by atoms with Crippen molar-refractivity contribution in [2.75, 3.05) is 0 Å². The molecule has 3 atom stereocenters. The molecule has 2 rings (SSSR count). The zero-order chi connectivity index (χ0) is 18.9. The highest BCUT2D eigenvalue weighted by Gasteiger charge is 2.57. The van der Waals surface area contributed by atoms with Gasteiger partial charge < -0.3 is 13.6 Å². The van der Waals surface area contributed by atoms with E-state index in [0.717, 1.165) is 12.8 Å². The average Bonchev–Trinajstić information content (AvgIpc) is 3.12. The van der Waals surface area contributed by atoms with Crippen LogP contribution in [0.1, 0.15) is 60.8 Å². The van der Waals surface area contributed by atoms with E-state index in [0.29, 0.717) is 0 Å². The maximum atomic E-state index is 6.88. The van der Waals surface area contributed by atoms with Crippen LogP contribution < -0.4 is 0 Å². The van der Waals surface area contributed by atoms with Crippen LogP contribution in [0.5, 0.6) is 0 Å². The van der Waals surface area contributed by atoms with Crippen LogP contribution in [0.3, 0.4) is 0 Å². The number of ether oxygens (including phenoxy) is 1. The highest BCUT2D eigenvalue weighted by atomic mass is 28.4. The van der Waals surface area contributed by atoms with E-state index in [1.165, 1.54) is 24.6 Å². The number of rotatable bonds is 7. The molecule has 0 aromatic rings. The quantitative estimate of drug-likeness (QED) is 0.487. The van der Waals surface area contributed by atoms with E-state index in [2.05, 4.69) is 60.7 Å². The molecular weight excluding hydrogens is 344 g/mol. The van der Waals surface area contributed by atoms with Crippen LogP contribution >= 0.6 is 0 Å². The molecule has 146 valence electrons. The highest BCUT2D eigenvalue weighted by molar-refractivity contribution is 6.74. The van der Waals surface area contributed by atoms with Crippen molar-refractivity contribution in [2.24, 2.45) is 0 Å². The van der Waals surface area contributed by atoms with Crippen molar-refractivity contribution in [3.05, 3.63) is 12.3 Å². The van der Waals surface area contributed by atoms with Gasteiger partial charge >= 0.3 is 0 Å². The Hall–Kier alpha value is -0.106. The van der Waals surface area contributed by atoms with Gasteiger partial charge in [-0.1, -0.05) is 41.5 Å². The lowest BCUT2D eigenvalue weighted by molar-refractivity contribution is -0.0915. The summed E-state index contributed by atoms with van der Waals surface area (Å²) < 4.78 is 20.0. The molecule has 0 aromatic heterocycles. The van der Waals surface area contributed by atoms with Gasteiger partial charge in [0.25, 0.3) is 0 Å². The van der Waals surface area contributed by atoms with Crippen LogP contribution in [-0.4, -0.2) is 34.4 Å². The van der Waals surface area contributed by atoms with Gasteiger partial charge in [0.1, 0.15) is 6.10 Å². The van der Waals surface area contributed by atoms with Crippen molar-refractivity contribution in [2.45, 2.75) is 115 Å². The molecular formula is C20H40O3Si2. The van der Waals surface area contributed by atoms with Crippen molar-refractivity contribution in [1.82, 2.24) is 0 Å². The number of hydrogen-bond acceptors (Lipinski definition) is 3. The van der Waals surface area contributed by atoms with Crippen molar-refractivity contribution >= 4 is 16.6 Å². The molecule has 0 radical (unpaired) electrons. The Morgan fingerprint density at radius 1 is 1.08 bits per heavy atom. The summed E-state index contributed by atoms with van der Waals surface area (Å²) in [6, 6.07) is 3.52. The first kappa shape index (κ1) is 21.2. The van der Waals surface area contributed by atoms with Gasteiger partial charge in [-0.3, -0.25) is 0 Å². The predicted octanol–water partition coefficient (Wildman–Crippen LogP) is 6.23. The van der Waals surface area contributed by atoms with E-state index in [1.54, 1.807) is 0 Å². The minimum atomic E-state index is -1.83. The van der Waals surface area contributed by atoms with Crippen molar-refractivity contribution in [1.29, 1.82) is 0 Å². The zero-order valence-corrected chi connectivity index (χ0v) is 19.8. The lowest BCUT2D eigenvalue weighted by Crippen LogP contribution is -2.57. The zero-order valence-electron chi connectivity index (χ0n) is 17.8. The Morgan fingerprint density at radius 2 is 1.68 bits per heavy atom. The van der Waals surface area contributed by atoms with E-state index in [-0.39, 0.29) is 22.8 Å². The molecule has 0 aromatic carbocycles. The highest BCUT2D eigenvalue weighted by Crippen LogP contribution is 2.48. The molecule has 0 unspecified atom stereocenters. The summed E-state index contributed by atoms with van der Waals surface area (Å²) in [6.07, 6.45) is 7.58. The maximum absolute atomic E-state index is 6.88. The first-order valence-corrected chi connectivity index (χ1v) is 15.7. The normalized spacial score (nSPS) is 30.2. The van der Waals surface area contributed by atoms with Crippen LogP contribution in [0, 0.1) is 0 Å². The second kappa shape index (κ2) is 7.49. The van der Waals surface area contributed by atoms with Crippen LogP contribution in [0.15, 0.2) is 12.3 Å². The Balaban J connectivity index is 2.23. The second-order valence-corrected chi connectivity index (χ2v) is 18.9. The third-order valence-corrected chi connectivity index (χ3v) is 16.3. The smallest absolute Gasteiger partial charge is 0.193 e. The van der Waals surface area contributed by atoms with Crippen molar-refractivity contribution < 1.29 is 13.6 Å². The summed E-state index contributed by atoms with van der Waals surface area (Å²) in [5.41, 5.74) is -0.284.